The van der Waals surface area contributed by atoms with Crippen molar-refractivity contribution in [2.45, 2.75) is 6.54 Å². The van der Waals surface area contributed by atoms with Crippen molar-refractivity contribution in [2.75, 3.05) is 5.32 Å². The Hall–Kier alpha value is -1.36. The maximum Gasteiger partial charge on any atom is 0.213 e. The third kappa shape index (κ3) is 2.32. The third-order valence-electron chi connectivity index (χ3n) is 1.63. The molecule has 0 bridgehead atoms. The van der Waals surface area contributed by atoms with Gasteiger partial charge in [-0.3, -0.25) is 4.98 Å². The number of rotatable bonds is 3. The van der Waals surface area contributed by atoms with Crippen molar-refractivity contribution < 1.29 is 4.42 Å². The van der Waals surface area contributed by atoms with Gasteiger partial charge in [0, 0.05) is 10.7 Å². The van der Waals surface area contributed by atoms with E-state index in [0.717, 1.165) is 10.2 Å². The Morgan fingerprint density at radius 3 is 3.07 bits per heavy atom. The number of pyridine rings is 1. The van der Waals surface area contributed by atoms with Gasteiger partial charge in [0.1, 0.15) is 6.26 Å². The number of nitrogens with one attached hydrogen (secondary N) is 1. The Morgan fingerprint density at radius 1 is 1.43 bits per heavy atom. The molecule has 1 N–H and O–H groups in total. The van der Waals surface area contributed by atoms with Gasteiger partial charge in [-0.05, 0) is 22.0 Å². The normalized spacial score (nSPS) is 10.1. The number of hydrogen-bond donors (Lipinski definition) is 1. The minimum absolute atomic E-state index is 0.561. The number of hydrogen-bond acceptors (Lipinski definition) is 4. The van der Waals surface area contributed by atoms with Crippen molar-refractivity contribution in [2.24, 2.45) is 0 Å². The Morgan fingerprint density at radius 2 is 2.36 bits per heavy atom. The van der Waals surface area contributed by atoms with E-state index >= 15 is 0 Å². The topological polar surface area (TPSA) is 51.0 Å². The predicted octanol–water partition coefficient (Wildman–Crippen LogP) is 2.44. The van der Waals surface area contributed by atoms with Crippen LogP contribution in [0.1, 0.15) is 5.89 Å². The molecule has 0 aliphatic heterocycles. The van der Waals surface area contributed by atoms with Crippen molar-refractivity contribution in [1.82, 2.24) is 9.97 Å². The van der Waals surface area contributed by atoms with E-state index in [-0.39, 0.29) is 0 Å². The van der Waals surface area contributed by atoms with E-state index in [9.17, 15) is 0 Å². The highest BCUT2D eigenvalue weighted by Crippen LogP contribution is 2.14. The summed E-state index contributed by atoms with van der Waals surface area (Å²) >= 11 is 3.34. The summed E-state index contributed by atoms with van der Waals surface area (Å²) in [6.45, 7) is 0.561. The lowest BCUT2D eigenvalue weighted by Gasteiger charge is -2.02. The van der Waals surface area contributed by atoms with Gasteiger partial charge in [0.25, 0.3) is 0 Å². The first-order chi connectivity index (χ1) is 6.84. The van der Waals surface area contributed by atoms with Crippen LogP contribution in [0.3, 0.4) is 0 Å². The molecule has 0 fully saturated rings. The molecular weight excluding hydrogens is 246 g/mol. The number of nitrogens with zero attached hydrogens (tertiary/aromatic N) is 2. The third-order valence-corrected chi connectivity index (χ3v) is 2.07. The van der Waals surface area contributed by atoms with Crippen LogP contribution in [-0.2, 0) is 6.54 Å². The average molecular weight is 254 g/mol. The summed E-state index contributed by atoms with van der Waals surface area (Å²) in [5.41, 5.74) is 0.928. The summed E-state index contributed by atoms with van der Waals surface area (Å²) in [4.78, 5) is 8.02. The first-order valence-corrected chi connectivity index (χ1v) is 4.87. The zero-order valence-corrected chi connectivity index (χ0v) is 8.86. The Balaban J connectivity index is 1.98. The second-order valence-electron chi connectivity index (χ2n) is 2.67. The van der Waals surface area contributed by atoms with E-state index in [4.69, 9.17) is 4.42 Å². The molecule has 0 saturated heterocycles. The van der Waals surface area contributed by atoms with Crippen molar-refractivity contribution in [1.29, 1.82) is 0 Å². The van der Waals surface area contributed by atoms with Gasteiger partial charge in [0.05, 0.1) is 24.6 Å². The molecule has 0 atom stereocenters. The highest BCUT2D eigenvalue weighted by molar-refractivity contribution is 9.10. The average Bonchev–Trinajstić information content (AvgIpc) is 2.67. The molecular formula is C9H8BrN3O. The van der Waals surface area contributed by atoms with Crippen LogP contribution < -0.4 is 5.32 Å². The lowest BCUT2D eigenvalue weighted by molar-refractivity contribution is 0.504. The van der Waals surface area contributed by atoms with E-state index in [1.165, 1.54) is 0 Å². The molecule has 5 heteroatoms. The van der Waals surface area contributed by atoms with Gasteiger partial charge in [-0.1, -0.05) is 0 Å². The van der Waals surface area contributed by atoms with Crippen LogP contribution in [0.5, 0.6) is 0 Å². The van der Waals surface area contributed by atoms with Gasteiger partial charge in [-0.25, -0.2) is 4.98 Å². The summed E-state index contributed by atoms with van der Waals surface area (Å²) in [6, 6.07) is 1.94. The molecule has 2 rings (SSSR count). The van der Waals surface area contributed by atoms with Gasteiger partial charge < -0.3 is 9.73 Å². The van der Waals surface area contributed by atoms with E-state index in [1.54, 1.807) is 24.9 Å². The minimum Gasteiger partial charge on any atom is -0.447 e. The molecule has 0 radical (unpaired) electrons. The molecule has 0 saturated carbocycles. The van der Waals surface area contributed by atoms with Crippen LogP contribution in [-0.4, -0.2) is 9.97 Å². The number of aromatic nitrogens is 2. The largest absolute Gasteiger partial charge is 0.447 e. The quantitative estimate of drug-likeness (QED) is 0.913. The molecule has 4 nitrogen and oxygen atoms in total. The summed E-state index contributed by atoms with van der Waals surface area (Å²) in [6.07, 6.45) is 6.65. The monoisotopic (exact) mass is 253 g/mol. The molecule has 0 spiro atoms. The van der Waals surface area contributed by atoms with E-state index < -0.39 is 0 Å². The van der Waals surface area contributed by atoms with Gasteiger partial charge in [0.2, 0.25) is 5.89 Å². The molecule has 14 heavy (non-hydrogen) atoms. The van der Waals surface area contributed by atoms with Gasteiger partial charge in [-0.15, -0.1) is 0 Å². The minimum atomic E-state index is 0.561. The SMILES string of the molecule is Brc1cncc(NCc2ncco2)c1. The second kappa shape index (κ2) is 4.23. The molecule has 0 aliphatic rings. The molecule has 2 heterocycles. The maximum atomic E-state index is 5.08. The van der Waals surface area contributed by atoms with Gasteiger partial charge in [-0.2, -0.15) is 0 Å². The van der Waals surface area contributed by atoms with Crippen LogP contribution in [0.2, 0.25) is 0 Å². The fourth-order valence-electron chi connectivity index (χ4n) is 1.03. The van der Waals surface area contributed by atoms with Gasteiger partial charge in [0.15, 0.2) is 0 Å². The number of halogens is 1. The van der Waals surface area contributed by atoms with Crippen molar-refractivity contribution in [3.8, 4) is 0 Å². The Kier molecular flexibility index (Phi) is 2.78. The number of oxazole rings is 1. The highest BCUT2D eigenvalue weighted by atomic mass is 79.9. The summed E-state index contributed by atoms with van der Waals surface area (Å²) in [7, 11) is 0. The van der Waals surface area contributed by atoms with E-state index in [1.807, 2.05) is 6.07 Å². The standard InChI is InChI=1S/C9H8BrN3O/c10-7-3-8(5-11-4-7)13-6-9-12-1-2-14-9/h1-5,13H,6H2. The molecule has 72 valence electrons. The lowest BCUT2D eigenvalue weighted by Crippen LogP contribution is -1.99. The van der Waals surface area contributed by atoms with Crippen LogP contribution in [0, 0.1) is 0 Å². The maximum absolute atomic E-state index is 5.08. The Bertz CT molecular complexity index is 402. The zero-order chi connectivity index (χ0) is 9.80. The molecule has 0 amide bonds. The summed E-state index contributed by atoms with van der Waals surface area (Å²) in [5.74, 6) is 0.657. The highest BCUT2D eigenvalue weighted by Gasteiger charge is 1.97. The summed E-state index contributed by atoms with van der Waals surface area (Å²) in [5, 5.41) is 3.14. The van der Waals surface area contributed by atoms with Crippen LogP contribution in [0.25, 0.3) is 0 Å². The van der Waals surface area contributed by atoms with Crippen LogP contribution >= 0.6 is 15.9 Å². The van der Waals surface area contributed by atoms with Crippen LogP contribution in [0.4, 0.5) is 5.69 Å². The predicted molar refractivity (Wildman–Crippen MR) is 55.8 cm³/mol. The Labute approximate surface area is 89.5 Å². The fraction of sp³-hybridized carbons (Fsp3) is 0.111. The summed E-state index contributed by atoms with van der Waals surface area (Å²) < 4.78 is 6.02. The van der Waals surface area contributed by atoms with Crippen molar-refractivity contribution in [3.63, 3.8) is 0 Å². The first kappa shape index (κ1) is 9.21. The smallest absolute Gasteiger partial charge is 0.213 e. The van der Waals surface area contributed by atoms with Gasteiger partial charge >= 0.3 is 0 Å². The number of anilines is 1. The van der Waals surface area contributed by atoms with Crippen molar-refractivity contribution in [3.05, 3.63) is 41.3 Å². The molecule has 0 aromatic carbocycles. The lowest BCUT2D eigenvalue weighted by atomic mass is 10.4. The molecule has 2 aromatic rings. The van der Waals surface area contributed by atoms with Crippen molar-refractivity contribution >= 4 is 21.6 Å². The fourth-order valence-corrected chi connectivity index (χ4v) is 1.39. The van der Waals surface area contributed by atoms with Crippen LogP contribution in [0.15, 0.2) is 39.8 Å². The van der Waals surface area contributed by atoms with E-state index in [2.05, 4.69) is 31.2 Å². The molecule has 0 unspecified atom stereocenters. The second-order valence-corrected chi connectivity index (χ2v) is 3.59. The zero-order valence-electron chi connectivity index (χ0n) is 7.27. The first-order valence-electron chi connectivity index (χ1n) is 4.07. The molecule has 0 aliphatic carbocycles. The molecule has 2 aromatic heterocycles. The van der Waals surface area contributed by atoms with E-state index in [0.29, 0.717) is 12.4 Å².